The van der Waals surface area contributed by atoms with E-state index in [0.717, 1.165) is 22.5 Å². The minimum absolute atomic E-state index is 0.0924. The molecule has 4 rings (SSSR count). The lowest BCUT2D eigenvalue weighted by Gasteiger charge is -2.30. The van der Waals surface area contributed by atoms with Crippen molar-refractivity contribution < 1.29 is 13.2 Å². The Bertz CT molecular complexity index is 1320. The monoisotopic (exact) mass is 495 g/mol. The zero-order chi connectivity index (χ0) is 25.8. The van der Waals surface area contributed by atoms with Crippen LogP contribution >= 0.6 is 0 Å². The number of morpholine rings is 1. The summed E-state index contributed by atoms with van der Waals surface area (Å²) in [5.41, 5.74) is 4.60. The summed E-state index contributed by atoms with van der Waals surface area (Å²) >= 11 is 0. The van der Waals surface area contributed by atoms with Gasteiger partial charge in [0.1, 0.15) is 5.82 Å². The Hall–Kier alpha value is -2.90. The second-order valence-electron chi connectivity index (χ2n) is 9.14. The van der Waals surface area contributed by atoms with Crippen LogP contribution in [0.2, 0.25) is 6.82 Å². The second-order valence-corrected chi connectivity index (χ2v) is 11.7. The van der Waals surface area contributed by atoms with Crippen molar-refractivity contribution in [3.8, 4) is 17.4 Å². The molecule has 1 aliphatic heterocycles. The Morgan fingerprint density at radius 3 is 2.46 bits per heavy atom. The highest BCUT2D eigenvalue weighted by molar-refractivity contribution is 7.91. The third kappa shape index (κ3) is 5.85. The predicted molar refractivity (Wildman–Crippen MR) is 143 cm³/mol. The number of anilines is 1. The average Bonchev–Trinajstić information content (AvgIpc) is 3.26. The Labute approximate surface area is 208 Å². The molecule has 8 nitrogen and oxygen atoms in total. The molecular formula is C25H34BN5O3S. The van der Waals surface area contributed by atoms with Crippen LogP contribution in [0.1, 0.15) is 39.0 Å². The standard InChI is InChI=1S/C23H28BN5O3S.C2H6/c1-23(2,33(4,30)31)16-11-20(28-22(12-16)29-7-9-32-10-8-29)19-6-5-18-21(27-19)13-17(26-18)14-24(3)15-25;1-2/h5-6,11-13,26H,7-10,14H2,1-4H3;1-2H3. The lowest BCUT2D eigenvalue weighted by atomic mass is 9.51. The summed E-state index contributed by atoms with van der Waals surface area (Å²) in [6, 6.07) is 9.48. The third-order valence-corrected chi connectivity index (χ3v) is 8.40. The van der Waals surface area contributed by atoms with Crippen molar-refractivity contribution in [2.24, 2.45) is 0 Å². The van der Waals surface area contributed by atoms with Gasteiger partial charge in [-0.15, -0.1) is 0 Å². The molecule has 0 unspecified atom stereocenters. The van der Waals surface area contributed by atoms with Gasteiger partial charge in [0.05, 0.1) is 40.4 Å². The van der Waals surface area contributed by atoms with E-state index in [2.05, 4.69) is 15.9 Å². The number of aromatic nitrogens is 3. The molecule has 0 spiro atoms. The highest BCUT2D eigenvalue weighted by Gasteiger charge is 2.34. The number of nitriles is 1. The van der Waals surface area contributed by atoms with Crippen LogP contribution in [-0.2, 0) is 25.6 Å². The van der Waals surface area contributed by atoms with Crippen LogP contribution < -0.4 is 4.90 Å². The predicted octanol–water partition coefficient (Wildman–Crippen LogP) is 4.04. The Balaban J connectivity index is 0.00000167. The molecule has 1 fully saturated rings. The summed E-state index contributed by atoms with van der Waals surface area (Å²) in [6.45, 7) is 11.8. The van der Waals surface area contributed by atoms with Crippen molar-refractivity contribution in [2.45, 2.75) is 45.6 Å². The van der Waals surface area contributed by atoms with E-state index < -0.39 is 14.6 Å². The van der Waals surface area contributed by atoms with Crippen molar-refractivity contribution >= 4 is 33.4 Å². The number of aromatic amines is 1. The van der Waals surface area contributed by atoms with Crippen LogP contribution in [0.4, 0.5) is 5.82 Å². The van der Waals surface area contributed by atoms with Gasteiger partial charge in [-0.1, -0.05) is 20.7 Å². The van der Waals surface area contributed by atoms with Crippen LogP contribution in [0.25, 0.3) is 22.4 Å². The summed E-state index contributed by atoms with van der Waals surface area (Å²) < 4.78 is 29.6. The molecule has 0 aliphatic carbocycles. The molecular weight excluding hydrogens is 461 g/mol. The largest absolute Gasteiger partial charge is 0.378 e. The number of rotatable bonds is 6. The average molecular weight is 495 g/mol. The van der Waals surface area contributed by atoms with E-state index in [4.69, 9.17) is 20.0 Å². The number of nitrogens with zero attached hydrogens (tertiary/aromatic N) is 4. The third-order valence-electron chi connectivity index (χ3n) is 6.31. The zero-order valence-corrected chi connectivity index (χ0v) is 22.2. The molecule has 0 saturated carbocycles. The maximum absolute atomic E-state index is 12.6. The summed E-state index contributed by atoms with van der Waals surface area (Å²) in [6.07, 6.45) is 1.88. The topological polar surface area (TPSA) is 112 Å². The van der Waals surface area contributed by atoms with E-state index in [1.807, 2.05) is 51.0 Å². The van der Waals surface area contributed by atoms with Gasteiger partial charge in [-0.3, -0.25) is 0 Å². The summed E-state index contributed by atoms with van der Waals surface area (Å²) in [4.78, 5) is 15.1. The van der Waals surface area contributed by atoms with E-state index in [9.17, 15) is 8.42 Å². The number of ether oxygens (including phenoxy) is 1. The number of nitrogens with one attached hydrogen (secondary N) is 1. The van der Waals surface area contributed by atoms with E-state index in [0.29, 0.717) is 49.6 Å². The van der Waals surface area contributed by atoms with E-state index in [1.165, 1.54) is 6.26 Å². The first-order chi connectivity index (χ1) is 16.6. The molecule has 0 atom stereocenters. The molecule has 1 N–H and O–H groups in total. The molecule has 35 heavy (non-hydrogen) atoms. The quantitative estimate of drug-likeness (QED) is 0.514. The molecule has 0 radical (unpaired) electrons. The van der Waals surface area contributed by atoms with Gasteiger partial charge in [-0.25, -0.2) is 23.6 Å². The maximum atomic E-state index is 12.6. The first-order valence-corrected chi connectivity index (χ1v) is 13.9. The van der Waals surface area contributed by atoms with Crippen LogP contribution in [0, 0.1) is 11.2 Å². The fourth-order valence-electron chi connectivity index (χ4n) is 3.86. The van der Waals surface area contributed by atoms with E-state index in [1.54, 1.807) is 13.8 Å². The molecule has 1 saturated heterocycles. The van der Waals surface area contributed by atoms with Crippen molar-refractivity contribution in [1.29, 1.82) is 5.26 Å². The highest BCUT2D eigenvalue weighted by Crippen LogP contribution is 2.34. The van der Waals surface area contributed by atoms with Crippen molar-refractivity contribution in [1.82, 2.24) is 15.0 Å². The molecule has 3 aromatic heterocycles. The number of fused-ring (bicyclic) bond motifs is 1. The SMILES string of the molecule is CB(C#N)Cc1cc2nc(-c3cc(C(C)(C)S(C)(=O)=O)cc(N4CCOCC4)n3)ccc2[nH]1.CC. The number of sulfone groups is 1. The maximum Gasteiger partial charge on any atom is 0.270 e. The van der Waals surface area contributed by atoms with Gasteiger partial charge in [0.2, 0.25) is 0 Å². The first kappa shape index (κ1) is 26.7. The van der Waals surface area contributed by atoms with Gasteiger partial charge >= 0.3 is 0 Å². The summed E-state index contributed by atoms with van der Waals surface area (Å²) in [7, 11) is -3.37. The number of hydrogen-bond acceptors (Lipinski definition) is 7. The second kappa shape index (κ2) is 10.8. The highest BCUT2D eigenvalue weighted by atomic mass is 32.2. The van der Waals surface area contributed by atoms with E-state index in [-0.39, 0.29) is 6.71 Å². The fourth-order valence-corrected chi connectivity index (χ4v) is 4.40. The van der Waals surface area contributed by atoms with Gasteiger partial charge in [0, 0.05) is 31.0 Å². The van der Waals surface area contributed by atoms with Crippen LogP contribution in [0.15, 0.2) is 30.3 Å². The van der Waals surface area contributed by atoms with Gasteiger partial charge in [-0.05, 0) is 56.1 Å². The lowest BCUT2D eigenvalue weighted by Crippen LogP contribution is -2.37. The van der Waals surface area contributed by atoms with E-state index >= 15 is 0 Å². The molecule has 186 valence electrons. The van der Waals surface area contributed by atoms with Crippen molar-refractivity contribution in [3.63, 3.8) is 0 Å². The number of H-pyrrole nitrogens is 1. The number of pyridine rings is 2. The van der Waals surface area contributed by atoms with Gasteiger partial charge in [-0.2, -0.15) is 0 Å². The van der Waals surface area contributed by atoms with Crippen molar-refractivity contribution in [3.05, 3.63) is 41.6 Å². The van der Waals surface area contributed by atoms with Gasteiger partial charge < -0.3 is 14.6 Å². The minimum Gasteiger partial charge on any atom is -0.378 e. The summed E-state index contributed by atoms with van der Waals surface area (Å²) in [5.74, 6) is 2.98. The first-order valence-electron chi connectivity index (χ1n) is 12.0. The molecule has 0 bridgehead atoms. The van der Waals surface area contributed by atoms with Crippen LogP contribution in [0.5, 0.6) is 0 Å². The number of hydrogen-bond donors (Lipinski definition) is 1. The van der Waals surface area contributed by atoms with Crippen LogP contribution in [0.3, 0.4) is 0 Å². The normalized spacial score (nSPS) is 14.3. The molecule has 1 aliphatic rings. The smallest absolute Gasteiger partial charge is 0.270 e. The molecule has 10 heteroatoms. The lowest BCUT2D eigenvalue weighted by molar-refractivity contribution is 0.122. The fraction of sp³-hybridized carbons (Fsp3) is 0.480. The van der Waals surface area contributed by atoms with Crippen LogP contribution in [-0.4, -0.2) is 62.6 Å². The molecule has 3 aromatic rings. The summed E-state index contributed by atoms with van der Waals surface area (Å²) in [5, 5.41) is 9.10. The molecule has 4 heterocycles. The van der Waals surface area contributed by atoms with Gasteiger partial charge in [0.25, 0.3) is 6.71 Å². The Morgan fingerprint density at radius 1 is 1.14 bits per heavy atom. The molecule has 0 amide bonds. The Morgan fingerprint density at radius 2 is 1.83 bits per heavy atom. The minimum atomic E-state index is -3.37. The Kier molecular flexibility index (Phi) is 8.24. The zero-order valence-electron chi connectivity index (χ0n) is 21.4. The van der Waals surface area contributed by atoms with Gasteiger partial charge in [0.15, 0.2) is 9.84 Å². The molecule has 0 aromatic carbocycles. The van der Waals surface area contributed by atoms with Crippen molar-refractivity contribution in [2.75, 3.05) is 37.5 Å².